The minimum Gasteiger partial charge on any atom is -0.384 e. The second-order valence-corrected chi connectivity index (χ2v) is 6.15. The van der Waals surface area contributed by atoms with Crippen molar-refractivity contribution < 1.29 is 9.53 Å². The van der Waals surface area contributed by atoms with Gasteiger partial charge in [-0.1, -0.05) is 24.3 Å². The summed E-state index contributed by atoms with van der Waals surface area (Å²) in [5.74, 6) is 0.744. The van der Waals surface area contributed by atoms with Crippen LogP contribution in [-0.2, 0) is 22.5 Å². The Balaban J connectivity index is 1.63. The summed E-state index contributed by atoms with van der Waals surface area (Å²) in [6.07, 6.45) is 3.06. The van der Waals surface area contributed by atoms with E-state index in [2.05, 4.69) is 29.6 Å². The lowest BCUT2D eigenvalue weighted by molar-refractivity contribution is -0.135. The van der Waals surface area contributed by atoms with Gasteiger partial charge in [-0.25, -0.2) is 0 Å². The van der Waals surface area contributed by atoms with Crippen molar-refractivity contribution in [3.05, 3.63) is 35.4 Å². The summed E-state index contributed by atoms with van der Waals surface area (Å²) in [5, 5.41) is 3.40. The van der Waals surface area contributed by atoms with Crippen molar-refractivity contribution >= 4 is 5.91 Å². The number of nitrogens with one attached hydrogen (secondary N) is 1. The summed E-state index contributed by atoms with van der Waals surface area (Å²) in [6, 6.07) is 8.32. The number of benzene rings is 1. The summed E-state index contributed by atoms with van der Waals surface area (Å²) in [5.41, 5.74) is 2.62. The topological polar surface area (TPSA) is 41.6 Å². The molecule has 1 N–H and O–H groups in total. The van der Waals surface area contributed by atoms with Crippen molar-refractivity contribution in [1.29, 1.82) is 0 Å². The van der Waals surface area contributed by atoms with Gasteiger partial charge in [-0.15, -0.1) is 0 Å². The van der Waals surface area contributed by atoms with Crippen molar-refractivity contribution in [3.8, 4) is 0 Å². The highest BCUT2D eigenvalue weighted by Gasteiger charge is 2.30. The highest BCUT2D eigenvalue weighted by atomic mass is 16.5. The van der Waals surface area contributed by atoms with Crippen LogP contribution < -0.4 is 5.32 Å². The number of carbonyl (C=O) groups is 1. The first-order chi connectivity index (χ1) is 10.3. The average Bonchev–Trinajstić information content (AvgIpc) is 2.54. The molecule has 2 unspecified atom stereocenters. The molecule has 2 heterocycles. The fourth-order valence-corrected chi connectivity index (χ4v) is 3.49. The maximum absolute atomic E-state index is 12.7. The number of fused-ring (bicyclic) bond motifs is 1. The summed E-state index contributed by atoms with van der Waals surface area (Å²) in [4.78, 5) is 14.8. The second-order valence-electron chi connectivity index (χ2n) is 6.15. The van der Waals surface area contributed by atoms with E-state index in [0.717, 1.165) is 39.1 Å². The monoisotopic (exact) mass is 288 g/mol. The van der Waals surface area contributed by atoms with Gasteiger partial charge < -0.3 is 15.0 Å². The van der Waals surface area contributed by atoms with Crippen molar-refractivity contribution in [2.45, 2.75) is 31.8 Å². The number of likely N-dealkylation sites (tertiary alicyclic amines) is 1. The summed E-state index contributed by atoms with van der Waals surface area (Å²) in [6.45, 7) is 3.28. The molecule has 4 nitrogen and oxygen atoms in total. The van der Waals surface area contributed by atoms with Crippen LogP contribution in [0.3, 0.4) is 0 Å². The van der Waals surface area contributed by atoms with Gasteiger partial charge in [0.2, 0.25) is 5.91 Å². The quantitative estimate of drug-likeness (QED) is 0.918. The van der Waals surface area contributed by atoms with Crippen molar-refractivity contribution in [2.24, 2.45) is 5.92 Å². The second kappa shape index (κ2) is 6.58. The molecular formula is C17H24N2O2. The SMILES string of the molecule is COCC1CCCN(C(=O)C2Cc3ccccc3CN2)C1. The van der Waals surface area contributed by atoms with Gasteiger partial charge in [0.25, 0.3) is 0 Å². The molecule has 3 rings (SSSR count). The average molecular weight is 288 g/mol. The Morgan fingerprint density at radius 3 is 3.00 bits per heavy atom. The molecule has 1 aromatic rings. The van der Waals surface area contributed by atoms with E-state index in [-0.39, 0.29) is 11.9 Å². The highest BCUT2D eigenvalue weighted by Crippen LogP contribution is 2.21. The molecule has 114 valence electrons. The maximum Gasteiger partial charge on any atom is 0.240 e. The lowest BCUT2D eigenvalue weighted by Gasteiger charge is -2.36. The Morgan fingerprint density at radius 1 is 1.38 bits per heavy atom. The first-order valence-corrected chi connectivity index (χ1v) is 7.86. The van der Waals surface area contributed by atoms with E-state index in [1.807, 2.05) is 4.90 Å². The summed E-state index contributed by atoms with van der Waals surface area (Å²) in [7, 11) is 1.74. The Kier molecular flexibility index (Phi) is 4.56. The van der Waals surface area contributed by atoms with Gasteiger partial charge in [-0.05, 0) is 36.3 Å². The van der Waals surface area contributed by atoms with E-state index in [0.29, 0.717) is 5.92 Å². The van der Waals surface area contributed by atoms with Crippen LogP contribution in [0.2, 0.25) is 0 Å². The molecule has 1 saturated heterocycles. The number of amides is 1. The van der Waals surface area contributed by atoms with Gasteiger partial charge in [-0.3, -0.25) is 4.79 Å². The number of rotatable bonds is 3. The van der Waals surface area contributed by atoms with E-state index < -0.39 is 0 Å². The van der Waals surface area contributed by atoms with Gasteiger partial charge in [-0.2, -0.15) is 0 Å². The molecular weight excluding hydrogens is 264 g/mol. The first-order valence-electron chi connectivity index (χ1n) is 7.86. The zero-order valence-corrected chi connectivity index (χ0v) is 12.7. The number of ether oxygens (including phenoxy) is 1. The third-order valence-corrected chi connectivity index (χ3v) is 4.61. The van der Waals surface area contributed by atoms with Crippen molar-refractivity contribution in [3.63, 3.8) is 0 Å². The third-order valence-electron chi connectivity index (χ3n) is 4.61. The molecule has 1 aromatic carbocycles. The van der Waals surface area contributed by atoms with Crippen LogP contribution in [0.15, 0.2) is 24.3 Å². The Labute approximate surface area is 126 Å². The van der Waals surface area contributed by atoms with Gasteiger partial charge >= 0.3 is 0 Å². The Morgan fingerprint density at radius 2 is 2.19 bits per heavy atom. The standard InChI is InChI=1S/C17H24N2O2/c1-21-12-13-5-4-8-19(11-13)17(20)16-9-14-6-2-3-7-15(14)10-18-16/h2-3,6-7,13,16,18H,4-5,8-12H2,1H3. The fourth-order valence-electron chi connectivity index (χ4n) is 3.49. The van der Waals surface area contributed by atoms with Gasteiger partial charge in [0.15, 0.2) is 0 Å². The minimum atomic E-state index is -0.0683. The van der Waals surface area contributed by atoms with Crippen LogP contribution in [0.4, 0.5) is 0 Å². The zero-order chi connectivity index (χ0) is 14.7. The van der Waals surface area contributed by atoms with Crippen molar-refractivity contribution in [1.82, 2.24) is 10.2 Å². The zero-order valence-electron chi connectivity index (χ0n) is 12.7. The van der Waals surface area contributed by atoms with E-state index in [1.54, 1.807) is 7.11 Å². The first kappa shape index (κ1) is 14.5. The predicted molar refractivity (Wildman–Crippen MR) is 82.0 cm³/mol. The molecule has 0 aliphatic carbocycles. The largest absolute Gasteiger partial charge is 0.384 e. The molecule has 0 aromatic heterocycles. The lowest BCUT2D eigenvalue weighted by atomic mass is 9.93. The number of piperidine rings is 1. The van der Waals surface area contributed by atoms with Crippen molar-refractivity contribution in [2.75, 3.05) is 26.8 Å². The molecule has 1 amide bonds. The Bertz CT molecular complexity index is 501. The fraction of sp³-hybridized carbons (Fsp3) is 0.588. The molecule has 0 spiro atoms. The van der Waals surface area contributed by atoms with Crippen LogP contribution in [0.5, 0.6) is 0 Å². The number of methoxy groups -OCH3 is 1. The van der Waals surface area contributed by atoms with E-state index in [1.165, 1.54) is 17.5 Å². The maximum atomic E-state index is 12.7. The molecule has 21 heavy (non-hydrogen) atoms. The van der Waals surface area contributed by atoms with Gasteiger partial charge in [0.1, 0.15) is 0 Å². The number of hydrogen-bond acceptors (Lipinski definition) is 3. The molecule has 2 aliphatic rings. The molecule has 4 heteroatoms. The van der Waals surface area contributed by atoms with Crippen LogP contribution in [0, 0.1) is 5.92 Å². The van der Waals surface area contributed by atoms with Gasteiger partial charge in [0.05, 0.1) is 12.6 Å². The number of hydrogen-bond donors (Lipinski definition) is 1. The van der Waals surface area contributed by atoms with E-state index in [4.69, 9.17) is 4.74 Å². The Hall–Kier alpha value is -1.39. The number of nitrogens with zero attached hydrogens (tertiary/aromatic N) is 1. The van der Waals surface area contributed by atoms with Gasteiger partial charge in [0, 0.05) is 26.7 Å². The third kappa shape index (κ3) is 3.27. The molecule has 0 radical (unpaired) electrons. The van der Waals surface area contributed by atoms with E-state index >= 15 is 0 Å². The highest BCUT2D eigenvalue weighted by molar-refractivity contribution is 5.82. The molecule has 2 aliphatic heterocycles. The van der Waals surface area contributed by atoms with Crippen LogP contribution in [0.1, 0.15) is 24.0 Å². The molecule has 1 fully saturated rings. The lowest BCUT2D eigenvalue weighted by Crippen LogP contribution is -2.52. The predicted octanol–water partition coefficient (Wildman–Crippen LogP) is 1.59. The molecule has 0 saturated carbocycles. The molecule has 2 atom stereocenters. The smallest absolute Gasteiger partial charge is 0.240 e. The summed E-state index contributed by atoms with van der Waals surface area (Å²) < 4.78 is 5.25. The van der Waals surface area contributed by atoms with Crippen LogP contribution in [-0.4, -0.2) is 43.7 Å². The normalized spacial score (nSPS) is 25.5. The minimum absolute atomic E-state index is 0.0683. The van der Waals surface area contributed by atoms with E-state index in [9.17, 15) is 4.79 Å². The van der Waals surface area contributed by atoms with Crippen LogP contribution in [0.25, 0.3) is 0 Å². The van der Waals surface area contributed by atoms with Crippen LogP contribution >= 0.6 is 0 Å². The number of carbonyl (C=O) groups excluding carboxylic acids is 1. The summed E-state index contributed by atoms with van der Waals surface area (Å²) >= 11 is 0. The molecule has 0 bridgehead atoms.